The summed E-state index contributed by atoms with van der Waals surface area (Å²) in [4.78, 5) is 24.7. The zero-order valence-corrected chi connectivity index (χ0v) is 10.6. The van der Waals surface area contributed by atoms with Gasteiger partial charge in [-0.05, 0) is 19.1 Å². The Balaban J connectivity index is 2.51. The van der Waals surface area contributed by atoms with Gasteiger partial charge >= 0.3 is 5.97 Å². The third-order valence-electron chi connectivity index (χ3n) is 2.86. The van der Waals surface area contributed by atoms with Crippen LogP contribution in [0.25, 0.3) is 0 Å². The number of anilines is 1. The predicted octanol–water partition coefficient (Wildman–Crippen LogP) is 1.92. The predicted molar refractivity (Wildman–Crippen MR) is 69.4 cm³/mol. The van der Waals surface area contributed by atoms with Gasteiger partial charge in [-0.25, -0.2) is 4.79 Å². The Kier molecular flexibility index (Phi) is 3.37. The Morgan fingerprint density at radius 2 is 1.95 bits per heavy atom. The lowest BCUT2D eigenvalue weighted by Gasteiger charge is -2.18. The highest BCUT2D eigenvalue weighted by Gasteiger charge is 2.34. The number of carbonyl (C=O) groups is 2. The second kappa shape index (κ2) is 4.97. The van der Waals surface area contributed by atoms with Crippen molar-refractivity contribution in [3.05, 3.63) is 53.4 Å². The minimum atomic E-state index is -0.585. The van der Waals surface area contributed by atoms with E-state index in [1.807, 2.05) is 6.07 Å². The molecule has 0 spiro atoms. The number of ether oxygens (including phenoxy) is 1. The van der Waals surface area contributed by atoms with Crippen LogP contribution in [0.1, 0.15) is 6.92 Å². The molecule has 1 amide bonds. The summed E-state index contributed by atoms with van der Waals surface area (Å²) in [7, 11) is 1.25. The van der Waals surface area contributed by atoms with E-state index in [1.54, 1.807) is 31.2 Å². The van der Waals surface area contributed by atoms with E-state index in [4.69, 9.17) is 0 Å². The number of rotatable bonds is 2. The molecule has 1 heterocycles. The fourth-order valence-corrected chi connectivity index (χ4v) is 1.84. The maximum atomic E-state index is 12.0. The van der Waals surface area contributed by atoms with E-state index in [1.165, 1.54) is 18.1 Å². The van der Waals surface area contributed by atoms with Crippen molar-refractivity contribution < 1.29 is 19.4 Å². The molecule has 0 bridgehead atoms. The molecule has 1 aliphatic heterocycles. The average molecular weight is 259 g/mol. The maximum Gasteiger partial charge on any atom is 0.332 e. The monoisotopic (exact) mass is 259 g/mol. The first-order chi connectivity index (χ1) is 9.06. The quantitative estimate of drug-likeness (QED) is 0.651. The normalized spacial score (nSPS) is 17.3. The molecule has 0 saturated heterocycles. The number of allylic oxidation sites excluding steroid dienone is 1. The molecule has 0 aliphatic carbocycles. The number of methoxy groups -OCH3 is 1. The Labute approximate surface area is 110 Å². The van der Waals surface area contributed by atoms with E-state index >= 15 is 0 Å². The first kappa shape index (κ1) is 12.9. The maximum absolute atomic E-state index is 12.0. The summed E-state index contributed by atoms with van der Waals surface area (Å²) in [5.41, 5.74) is 1.24. The van der Waals surface area contributed by atoms with Crippen LogP contribution >= 0.6 is 0 Å². The SMILES string of the molecule is COC(=O)/C=C1/C(C)=C(O)C(=O)N1c1ccccc1. The molecule has 0 unspecified atom stereocenters. The third-order valence-corrected chi connectivity index (χ3v) is 2.86. The summed E-state index contributed by atoms with van der Waals surface area (Å²) >= 11 is 0. The molecule has 1 N–H and O–H groups in total. The molecule has 2 rings (SSSR count). The van der Waals surface area contributed by atoms with Crippen LogP contribution in [0.5, 0.6) is 0 Å². The van der Waals surface area contributed by atoms with Crippen molar-refractivity contribution in [2.45, 2.75) is 6.92 Å². The second-order valence-electron chi connectivity index (χ2n) is 4.00. The number of para-hydroxylation sites is 1. The molecule has 0 radical (unpaired) electrons. The molecule has 1 aromatic rings. The molecule has 0 aromatic heterocycles. The van der Waals surface area contributed by atoms with Gasteiger partial charge in [-0.3, -0.25) is 9.69 Å². The first-order valence-electron chi connectivity index (χ1n) is 5.65. The van der Waals surface area contributed by atoms with Gasteiger partial charge in [0.15, 0.2) is 5.76 Å². The van der Waals surface area contributed by atoms with Crippen LogP contribution in [0.4, 0.5) is 5.69 Å². The Bertz CT molecular complexity index is 587. The lowest BCUT2D eigenvalue weighted by molar-refractivity contribution is -0.134. The summed E-state index contributed by atoms with van der Waals surface area (Å²) in [6.45, 7) is 1.57. The van der Waals surface area contributed by atoms with Crippen molar-refractivity contribution in [2.75, 3.05) is 12.0 Å². The molecule has 5 heteroatoms. The van der Waals surface area contributed by atoms with Crippen LogP contribution in [-0.4, -0.2) is 24.1 Å². The number of aliphatic hydroxyl groups is 1. The van der Waals surface area contributed by atoms with Crippen LogP contribution < -0.4 is 4.90 Å². The molecule has 98 valence electrons. The standard InChI is InChI=1S/C14H13NO4/c1-9-11(8-12(16)19-2)15(14(18)13(9)17)10-6-4-3-5-7-10/h3-8,17H,1-2H3/b11-8-. The molecule has 1 aromatic carbocycles. The van der Waals surface area contributed by atoms with Gasteiger partial charge in [0.05, 0.1) is 12.8 Å². The van der Waals surface area contributed by atoms with Gasteiger partial charge < -0.3 is 9.84 Å². The topological polar surface area (TPSA) is 66.8 Å². The van der Waals surface area contributed by atoms with Crippen molar-refractivity contribution in [1.29, 1.82) is 0 Å². The van der Waals surface area contributed by atoms with Gasteiger partial charge in [-0.1, -0.05) is 18.2 Å². The zero-order valence-electron chi connectivity index (χ0n) is 10.6. The van der Waals surface area contributed by atoms with E-state index in [0.717, 1.165) is 0 Å². The Morgan fingerprint density at radius 1 is 1.32 bits per heavy atom. The minimum Gasteiger partial charge on any atom is -0.503 e. The molecular formula is C14H13NO4. The number of carbonyl (C=O) groups excluding carboxylic acids is 2. The van der Waals surface area contributed by atoms with Crippen molar-refractivity contribution >= 4 is 17.6 Å². The molecular weight excluding hydrogens is 246 g/mol. The fraction of sp³-hybridized carbons (Fsp3) is 0.143. The lowest BCUT2D eigenvalue weighted by Crippen LogP contribution is -2.26. The van der Waals surface area contributed by atoms with E-state index in [9.17, 15) is 14.7 Å². The number of hydrogen-bond acceptors (Lipinski definition) is 4. The van der Waals surface area contributed by atoms with Gasteiger partial charge in [0.2, 0.25) is 0 Å². The Morgan fingerprint density at radius 3 is 2.53 bits per heavy atom. The Hall–Kier alpha value is -2.56. The van der Waals surface area contributed by atoms with E-state index < -0.39 is 11.9 Å². The first-order valence-corrected chi connectivity index (χ1v) is 5.65. The number of benzene rings is 1. The van der Waals surface area contributed by atoms with Crippen LogP contribution in [-0.2, 0) is 14.3 Å². The van der Waals surface area contributed by atoms with Crippen molar-refractivity contribution in [2.24, 2.45) is 0 Å². The third kappa shape index (κ3) is 2.22. The van der Waals surface area contributed by atoms with Crippen molar-refractivity contribution in [3.8, 4) is 0 Å². The summed E-state index contributed by atoms with van der Waals surface area (Å²) in [6.07, 6.45) is 1.18. The summed E-state index contributed by atoms with van der Waals surface area (Å²) in [5.74, 6) is -1.50. The van der Waals surface area contributed by atoms with E-state index in [0.29, 0.717) is 17.0 Å². The van der Waals surface area contributed by atoms with E-state index in [2.05, 4.69) is 4.74 Å². The summed E-state index contributed by atoms with van der Waals surface area (Å²) in [5, 5.41) is 9.75. The fourth-order valence-electron chi connectivity index (χ4n) is 1.84. The average Bonchev–Trinajstić information content (AvgIpc) is 2.64. The molecule has 1 aliphatic rings. The van der Waals surface area contributed by atoms with Crippen LogP contribution in [0.3, 0.4) is 0 Å². The number of amides is 1. The van der Waals surface area contributed by atoms with E-state index in [-0.39, 0.29) is 5.76 Å². The molecule has 0 saturated carbocycles. The lowest BCUT2D eigenvalue weighted by atomic mass is 10.2. The van der Waals surface area contributed by atoms with Gasteiger partial charge in [0.1, 0.15) is 0 Å². The minimum absolute atomic E-state index is 0.320. The van der Waals surface area contributed by atoms with Crippen molar-refractivity contribution in [1.82, 2.24) is 0 Å². The van der Waals surface area contributed by atoms with Crippen molar-refractivity contribution in [3.63, 3.8) is 0 Å². The van der Waals surface area contributed by atoms with Crippen LogP contribution in [0, 0.1) is 0 Å². The number of aliphatic hydroxyl groups excluding tert-OH is 1. The molecule has 0 atom stereocenters. The van der Waals surface area contributed by atoms with Gasteiger partial charge in [0, 0.05) is 17.3 Å². The zero-order chi connectivity index (χ0) is 14.0. The smallest absolute Gasteiger partial charge is 0.332 e. The largest absolute Gasteiger partial charge is 0.503 e. The molecule has 19 heavy (non-hydrogen) atoms. The number of nitrogens with zero attached hydrogens (tertiary/aromatic N) is 1. The molecule has 0 fully saturated rings. The van der Waals surface area contributed by atoms with Gasteiger partial charge in [-0.15, -0.1) is 0 Å². The van der Waals surface area contributed by atoms with Crippen LogP contribution in [0.2, 0.25) is 0 Å². The highest BCUT2D eigenvalue weighted by molar-refractivity contribution is 6.12. The van der Waals surface area contributed by atoms with Crippen LogP contribution in [0.15, 0.2) is 53.4 Å². The van der Waals surface area contributed by atoms with Gasteiger partial charge in [-0.2, -0.15) is 0 Å². The highest BCUT2D eigenvalue weighted by Crippen LogP contribution is 2.32. The highest BCUT2D eigenvalue weighted by atomic mass is 16.5. The summed E-state index contributed by atoms with van der Waals surface area (Å²) < 4.78 is 4.56. The van der Waals surface area contributed by atoms with Gasteiger partial charge in [0.25, 0.3) is 5.91 Å². The number of hydrogen-bond donors (Lipinski definition) is 1. The summed E-state index contributed by atoms with van der Waals surface area (Å²) in [6, 6.07) is 8.78. The molecule has 5 nitrogen and oxygen atoms in total. The number of esters is 1. The second-order valence-corrected chi connectivity index (χ2v) is 4.00.